The third kappa shape index (κ3) is 5.33. The Bertz CT molecular complexity index is 860. The second-order valence-corrected chi connectivity index (χ2v) is 8.17. The molecule has 10 heteroatoms. The second-order valence-electron chi connectivity index (χ2n) is 6.25. The molecule has 2 aromatic rings. The van der Waals surface area contributed by atoms with Crippen molar-refractivity contribution in [2.45, 2.75) is 43.3 Å². The largest absolute Gasteiger partial charge is 0.382 e. The number of thioether (sulfide) groups is 1. The molecule has 0 saturated heterocycles. The molecular formula is C17H21N5O3S2. The molecule has 0 aromatic carbocycles. The van der Waals surface area contributed by atoms with Gasteiger partial charge in [-0.3, -0.25) is 19.4 Å². The third-order valence-electron chi connectivity index (χ3n) is 4.22. The summed E-state index contributed by atoms with van der Waals surface area (Å²) in [5, 5.41) is 7.49. The van der Waals surface area contributed by atoms with Crippen LogP contribution in [0.1, 0.15) is 41.8 Å². The molecule has 0 spiro atoms. The monoisotopic (exact) mass is 407 g/mol. The van der Waals surface area contributed by atoms with E-state index in [0.29, 0.717) is 4.88 Å². The zero-order valence-electron chi connectivity index (χ0n) is 14.6. The van der Waals surface area contributed by atoms with Crippen molar-refractivity contribution in [1.82, 2.24) is 15.3 Å². The van der Waals surface area contributed by atoms with Gasteiger partial charge in [-0.1, -0.05) is 37.1 Å². The Morgan fingerprint density at radius 1 is 1.33 bits per heavy atom. The number of thiophene rings is 1. The molecule has 0 radical (unpaired) electrons. The number of hydrogen-bond acceptors (Lipinski definition) is 7. The van der Waals surface area contributed by atoms with Gasteiger partial charge in [0.05, 0.1) is 10.6 Å². The summed E-state index contributed by atoms with van der Waals surface area (Å²) in [6.07, 6.45) is 5.53. The molecule has 1 saturated carbocycles. The Kier molecular flexibility index (Phi) is 6.51. The molecule has 2 heterocycles. The van der Waals surface area contributed by atoms with E-state index in [0.717, 1.165) is 37.4 Å². The average molecular weight is 408 g/mol. The molecule has 1 fully saturated rings. The van der Waals surface area contributed by atoms with Crippen molar-refractivity contribution in [3.8, 4) is 0 Å². The summed E-state index contributed by atoms with van der Waals surface area (Å²) in [6, 6.07) is 3.62. The van der Waals surface area contributed by atoms with Crippen molar-refractivity contribution in [3.05, 3.63) is 32.7 Å². The minimum absolute atomic E-state index is 0.0844. The van der Waals surface area contributed by atoms with Crippen molar-refractivity contribution >= 4 is 46.4 Å². The van der Waals surface area contributed by atoms with Gasteiger partial charge in [0.1, 0.15) is 0 Å². The highest BCUT2D eigenvalue weighted by molar-refractivity contribution is 7.99. The Balaban J connectivity index is 1.58. The SMILES string of the molecule is Nc1nc(SCC(=O)NC2CCCCC2)[nH]c(=O)c1NC(=O)c1cccs1. The number of nitrogens with zero attached hydrogens (tertiary/aromatic N) is 1. The molecule has 1 aliphatic carbocycles. The molecule has 2 aromatic heterocycles. The maximum absolute atomic E-state index is 12.2. The van der Waals surface area contributed by atoms with Crippen LogP contribution >= 0.6 is 23.1 Å². The first-order chi connectivity index (χ1) is 13.0. The Morgan fingerprint density at radius 3 is 2.78 bits per heavy atom. The summed E-state index contributed by atoms with van der Waals surface area (Å²) < 4.78 is 0. The first kappa shape index (κ1) is 19.4. The molecule has 5 N–H and O–H groups in total. The number of hydrogen-bond donors (Lipinski definition) is 4. The van der Waals surface area contributed by atoms with Crippen LogP contribution in [0.25, 0.3) is 0 Å². The van der Waals surface area contributed by atoms with Crippen molar-refractivity contribution in [2.75, 3.05) is 16.8 Å². The number of amides is 2. The lowest BCUT2D eigenvalue weighted by atomic mass is 9.95. The van der Waals surface area contributed by atoms with Gasteiger partial charge in [-0.25, -0.2) is 4.98 Å². The van der Waals surface area contributed by atoms with Crippen molar-refractivity contribution in [1.29, 1.82) is 0 Å². The van der Waals surface area contributed by atoms with E-state index < -0.39 is 11.5 Å². The average Bonchev–Trinajstić information content (AvgIpc) is 3.18. The summed E-state index contributed by atoms with van der Waals surface area (Å²) >= 11 is 2.36. The highest BCUT2D eigenvalue weighted by Gasteiger charge is 2.17. The predicted octanol–water partition coefficient (Wildman–Crippen LogP) is 2.21. The summed E-state index contributed by atoms with van der Waals surface area (Å²) in [4.78, 5) is 43.5. The van der Waals surface area contributed by atoms with Gasteiger partial charge in [0.25, 0.3) is 11.5 Å². The number of carbonyl (C=O) groups excluding carboxylic acids is 2. The van der Waals surface area contributed by atoms with Gasteiger partial charge in [-0.15, -0.1) is 11.3 Å². The fourth-order valence-corrected chi connectivity index (χ4v) is 4.19. The van der Waals surface area contributed by atoms with Crippen LogP contribution in [0.3, 0.4) is 0 Å². The highest BCUT2D eigenvalue weighted by atomic mass is 32.2. The van der Waals surface area contributed by atoms with E-state index in [9.17, 15) is 14.4 Å². The van der Waals surface area contributed by atoms with Crippen LogP contribution < -0.4 is 21.9 Å². The number of aromatic amines is 1. The van der Waals surface area contributed by atoms with E-state index >= 15 is 0 Å². The van der Waals surface area contributed by atoms with Crippen LogP contribution in [0, 0.1) is 0 Å². The quantitative estimate of drug-likeness (QED) is 0.429. The van der Waals surface area contributed by atoms with E-state index in [1.807, 2.05) is 0 Å². The number of anilines is 2. The predicted molar refractivity (Wildman–Crippen MR) is 107 cm³/mol. The van der Waals surface area contributed by atoms with E-state index in [4.69, 9.17) is 5.73 Å². The zero-order chi connectivity index (χ0) is 19.2. The number of nitrogen functional groups attached to an aromatic ring is 1. The van der Waals surface area contributed by atoms with Crippen LogP contribution in [0.2, 0.25) is 0 Å². The lowest BCUT2D eigenvalue weighted by Crippen LogP contribution is -2.37. The minimum atomic E-state index is -0.553. The molecule has 1 aliphatic rings. The van der Waals surface area contributed by atoms with Gasteiger partial charge in [-0.05, 0) is 24.3 Å². The number of aromatic nitrogens is 2. The first-order valence-electron chi connectivity index (χ1n) is 8.69. The van der Waals surface area contributed by atoms with Crippen LogP contribution in [-0.4, -0.2) is 33.6 Å². The van der Waals surface area contributed by atoms with E-state index in [-0.39, 0.29) is 34.4 Å². The zero-order valence-corrected chi connectivity index (χ0v) is 16.3. The number of nitrogens with two attached hydrogens (primary N) is 1. The fourth-order valence-electron chi connectivity index (χ4n) is 2.89. The van der Waals surface area contributed by atoms with Crippen LogP contribution in [0.5, 0.6) is 0 Å². The van der Waals surface area contributed by atoms with Crippen molar-refractivity contribution in [2.24, 2.45) is 0 Å². The van der Waals surface area contributed by atoms with Gasteiger partial charge < -0.3 is 16.4 Å². The van der Waals surface area contributed by atoms with Gasteiger partial charge in [-0.2, -0.15) is 0 Å². The molecule has 0 bridgehead atoms. The van der Waals surface area contributed by atoms with Crippen LogP contribution in [0.15, 0.2) is 27.5 Å². The Labute approximate surface area is 164 Å². The smallest absolute Gasteiger partial charge is 0.277 e. The highest BCUT2D eigenvalue weighted by Crippen LogP contribution is 2.20. The lowest BCUT2D eigenvalue weighted by Gasteiger charge is -2.22. The van der Waals surface area contributed by atoms with Gasteiger partial charge >= 0.3 is 0 Å². The fraction of sp³-hybridized carbons (Fsp3) is 0.412. The normalized spacial score (nSPS) is 14.7. The maximum Gasteiger partial charge on any atom is 0.277 e. The van der Waals surface area contributed by atoms with Crippen molar-refractivity contribution < 1.29 is 9.59 Å². The number of nitrogens with one attached hydrogen (secondary N) is 3. The van der Waals surface area contributed by atoms with Crippen LogP contribution in [0.4, 0.5) is 11.5 Å². The summed E-state index contributed by atoms with van der Waals surface area (Å²) in [6.45, 7) is 0. The van der Waals surface area contributed by atoms with E-state index in [2.05, 4.69) is 20.6 Å². The Hall–Kier alpha value is -2.33. The molecule has 0 unspecified atom stereocenters. The minimum Gasteiger partial charge on any atom is -0.382 e. The maximum atomic E-state index is 12.2. The van der Waals surface area contributed by atoms with Gasteiger partial charge in [0, 0.05) is 6.04 Å². The van der Waals surface area contributed by atoms with Gasteiger partial charge in [0.15, 0.2) is 16.7 Å². The lowest BCUT2D eigenvalue weighted by molar-refractivity contribution is -0.119. The van der Waals surface area contributed by atoms with Gasteiger partial charge in [0.2, 0.25) is 5.91 Å². The van der Waals surface area contributed by atoms with Crippen LogP contribution in [-0.2, 0) is 4.79 Å². The standard InChI is InChI=1S/C17H21N5O3S2/c18-14-13(20-15(24)11-7-4-8-26-11)16(25)22-17(21-14)27-9-12(23)19-10-5-2-1-3-6-10/h4,7-8,10H,1-3,5-6,9H2,(H,19,23)(H,20,24)(H3,18,21,22,25). The molecule has 2 amide bonds. The number of H-pyrrole nitrogens is 1. The summed E-state index contributed by atoms with van der Waals surface area (Å²) in [5.74, 6) is -0.460. The molecule has 8 nitrogen and oxygen atoms in total. The topological polar surface area (TPSA) is 130 Å². The number of carbonyl (C=O) groups is 2. The first-order valence-corrected chi connectivity index (χ1v) is 10.6. The summed E-state index contributed by atoms with van der Waals surface area (Å²) in [5.41, 5.74) is 5.18. The Morgan fingerprint density at radius 2 is 2.11 bits per heavy atom. The van der Waals surface area contributed by atoms with E-state index in [1.165, 1.54) is 17.8 Å². The molecular weight excluding hydrogens is 386 g/mol. The number of rotatable bonds is 6. The molecule has 0 aliphatic heterocycles. The van der Waals surface area contributed by atoms with E-state index in [1.54, 1.807) is 17.5 Å². The molecule has 144 valence electrons. The molecule has 27 heavy (non-hydrogen) atoms. The third-order valence-corrected chi connectivity index (χ3v) is 5.96. The molecule has 3 rings (SSSR count). The second kappa shape index (κ2) is 9.05. The molecule has 0 atom stereocenters. The summed E-state index contributed by atoms with van der Waals surface area (Å²) in [7, 11) is 0. The van der Waals surface area contributed by atoms with Crippen molar-refractivity contribution in [3.63, 3.8) is 0 Å².